The highest BCUT2D eigenvalue weighted by Gasteiger charge is 2.07. The van der Waals surface area contributed by atoms with Crippen LogP contribution in [0.25, 0.3) is 0 Å². The van der Waals surface area contributed by atoms with E-state index in [1.807, 2.05) is 12.1 Å². The number of hydrogen-bond donors (Lipinski definition) is 2. The van der Waals surface area contributed by atoms with E-state index >= 15 is 0 Å². The first-order valence-corrected chi connectivity index (χ1v) is 5.50. The molecule has 0 fully saturated rings. The Kier molecular flexibility index (Phi) is 4.58. The Hall–Kier alpha value is -0.380. The molecule has 0 saturated heterocycles. The van der Waals surface area contributed by atoms with Gasteiger partial charge in [0.2, 0.25) is 0 Å². The lowest BCUT2D eigenvalue weighted by Gasteiger charge is -2.12. The molecule has 78 valence electrons. The summed E-state index contributed by atoms with van der Waals surface area (Å²) < 4.78 is 1.07. The smallest absolute Gasteiger partial charge is 0.151 e. The molecule has 0 aliphatic carbocycles. The van der Waals surface area contributed by atoms with Crippen LogP contribution in [0.15, 0.2) is 28.7 Å². The van der Waals surface area contributed by atoms with Crippen molar-refractivity contribution in [3.63, 3.8) is 0 Å². The zero-order valence-electron chi connectivity index (χ0n) is 8.15. The molecule has 1 rings (SSSR count). The van der Waals surface area contributed by atoms with Crippen LogP contribution in [0.1, 0.15) is 31.2 Å². The Morgan fingerprint density at radius 1 is 1.14 bits per heavy atom. The van der Waals surface area contributed by atoms with Crippen molar-refractivity contribution in [1.82, 2.24) is 0 Å². The van der Waals surface area contributed by atoms with Crippen molar-refractivity contribution in [2.24, 2.45) is 0 Å². The van der Waals surface area contributed by atoms with Gasteiger partial charge in [0.05, 0.1) is 0 Å². The maximum absolute atomic E-state index is 8.74. The van der Waals surface area contributed by atoms with Crippen molar-refractivity contribution in [2.75, 3.05) is 0 Å². The summed E-state index contributed by atoms with van der Waals surface area (Å²) in [6, 6.07) is 8.11. The summed E-state index contributed by atoms with van der Waals surface area (Å²) in [6.45, 7) is 2.09. The molecule has 0 amide bonds. The molecule has 1 atom stereocenters. The molecule has 0 heterocycles. The quantitative estimate of drug-likeness (QED) is 0.816. The van der Waals surface area contributed by atoms with Gasteiger partial charge in [-0.25, -0.2) is 0 Å². The molecular formula is C11H15BrO2. The molecule has 1 unspecified atom stereocenters. The third kappa shape index (κ3) is 3.78. The predicted octanol–water partition coefficient (Wildman–Crippen LogP) is 2.64. The predicted molar refractivity (Wildman–Crippen MR) is 60.0 cm³/mol. The lowest BCUT2D eigenvalue weighted by Crippen LogP contribution is -2.06. The van der Waals surface area contributed by atoms with Crippen molar-refractivity contribution in [3.8, 4) is 0 Å². The summed E-state index contributed by atoms with van der Waals surface area (Å²) in [6.07, 6.45) is 0.0316. The van der Waals surface area contributed by atoms with E-state index in [-0.39, 0.29) is 0 Å². The van der Waals surface area contributed by atoms with Gasteiger partial charge in [-0.1, -0.05) is 35.0 Å². The molecule has 3 heteroatoms. The molecule has 0 aromatic heterocycles. The van der Waals surface area contributed by atoms with Crippen molar-refractivity contribution in [3.05, 3.63) is 34.3 Å². The highest BCUT2D eigenvalue weighted by atomic mass is 79.9. The molecule has 2 N–H and O–H groups in total. The fraction of sp³-hybridized carbons (Fsp3) is 0.455. The molecule has 1 aromatic carbocycles. The van der Waals surface area contributed by atoms with E-state index in [1.165, 1.54) is 5.56 Å². The van der Waals surface area contributed by atoms with Gasteiger partial charge in [-0.3, -0.25) is 0 Å². The van der Waals surface area contributed by atoms with Gasteiger partial charge < -0.3 is 10.2 Å². The monoisotopic (exact) mass is 258 g/mol. The van der Waals surface area contributed by atoms with E-state index in [1.54, 1.807) is 0 Å². The molecular weight excluding hydrogens is 244 g/mol. The maximum Gasteiger partial charge on any atom is 0.151 e. The second-order valence-electron chi connectivity index (χ2n) is 3.51. The molecule has 2 nitrogen and oxygen atoms in total. The first-order valence-electron chi connectivity index (χ1n) is 4.71. The summed E-state index contributed by atoms with van der Waals surface area (Å²) in [5.74, 6) is 0.366. The van der Waals surface area contributed by atoms with Gasteiger partial charge in [0.15, 0.2) is 6.29 Å². The number of halogens is 1. The molecule has 0 spiro atoms. The minimum absolute atomic E-state index is 0.366. The summed E-state index contributed by atoms with van der Waals surface area (Å²) in [4.78, 5) is 0. The lowest BCUT2D eigenvalue weighted by atomic mass is 9.96. The molecule has 0 aliphatic heterocycles. The fourth-order valence-corrected chi connectivity index (χ4v) is 1.62. The largest absolute Gasteiger partial charge is 0.368 e. The van der Waals surface area contributed by atoms with Gasteiger partial charge in [-0.05, 0) is 36.5 Å². The summed E-state index contributed by atoms with van der Waals surface area (Å²) in [5.41, 5.74) is 1.23. The van der Waals surface area contributed by atoms with Gasteiger partial charge in [0, 0.05) is 4.47 Å². The van der Waals surface area contributed by atoms with Crippen molar-refractivity contribution < 1.29 is 10.2 Å². The van der Waals surface area contributed by atoms with Crippen LogP contribution in [0.3, 0.4) is 0 Å². The molecule has 0 aliphatic rings. The number of rotatable bonds is 4. The van der Waals surface area contributed by atoms with Gasteiger partial charge in [-0.15, -0.1) is 0 Å². The lowest BCUT2D eigenvalue weighted by molar-refractivity contribution is -0.0471. The molecule has 0 radical (unpaired) electrons. The number of aliphatic hydroxyl groups excluding tert-OH is 1. The average Bonchev–Trinajstić information content (AvgIpc) is 2.15. The molecule has 14 heavy (non-hydrogen) atoms. The third-order valence-corrected chi connectivity index (χ3v) is 2.83. The number of aliphatic hydroxyl groups is 2. The minimum Gasteiger partial charge on any atom is -0.368 e. The van der Waals surface area contributed by atoms with E-state index in [2.05, 4.69) is 35.0 Å². The van der Waals surface area contributed by atoms with Crippen LogP contribution >= 0.6 is 15.9 Å². The van der Waals surface area contributed by atoms with Crippen LogP contribution in [-0.2, 0) is 0 Å². The SMILES string of the molecule is CC(CCC(O)O)c1ccc(Br)cc1. The van der Waals surface area contributed by atoms with Crippen LogP contribution in [0.4, 0.5) is 0 Å². The van der Waals surface area contributed by atoms with Crippen molar-refractivity contribution in [1.29, 1.82) is 0 Å². The van der Waals surface area contributed by atoms with E-state index < -0.39 is 6.29 Å². The average molecular weight is 259 g/mol. The summed E-state index contributed by atoms with van der Waals surface area (Å²) in [5, 5.41) is 17.5. The zero-order chi connectivity index (χ0) is 10.6. The minimum atomic E-state index is -1.19. The Labute approximate surface area is 92.7 Å². The normalized spacial score (nSPS) is 13.2. The molecule has 0 saturated carbocycles. The number of benzene rings is 1. The van der Waals surface area contributed by atoms with Crippen LogP contribution in [0, 0.1) is 0 Å². The van der Waals surface area contributed by atoms with E-state index in [0.29, 0.717) is 12.3 Å². The molecule has 0 bridgehead atoms. The summed E-state index contributed by atoms with van der Waals surface area (Å²) in [7, 11) is 0. The Morgan fingerprint density at radius 3 is 2.21 bits per heavy atom. The number of hydrogen-bond acceptors (Lipinski definition) is 2. The maximum atomic E-state index is 8.74. The fourth-order valence-electron chi connectivity index (χ4n) is 1.36. The second kappa shape index (κ2) is 5.49. The highest BCUT2D eigenvalue weighted by molar-refractivity contribution is 9.10. The van der Waals surface area contributed by atoms with Gasteiger partial charge in [0.1, 0.15) is 0 Å². The van der Waals surface area contributed by atoms with E-state index in [4.69, 9.17) is 10.2 Å². The third-order valence-electron chi connectivity index (χ3n) is 2.30. The Morgan fingerprint density at radius 2 is 1.71 bits per heavy atom. The van der Waals surface area contributed by atoms with Crippen LogP contribution < -0.4 is 0 Å². The van der Waals surface area contributed by atoms with E-state index in [9.17, 15) is 0 Å². The highest BCUT2D eigenvalue weighted by Crippen LogP contribution is 2.22. The van der Waals surface area contributed by atoms with Crippen LogP contribution in [-0.4, -0.2) is 16.5 Å². The van der Waals surface area contributed by atoms with Crippen LogP contribution in [0.5, 0.6) is 0 Å². The Balaban J connectivity index is 2.52. The standard InChI is InChI=1S/C11H15BrO2/c1-8(2-7-11(13)14)9-3-5-10(12)6-4-9/h3-6,8,11,13-14H,2,7H2,1H3. The first kappa shape index (κ1) is 11.7. The van der Waals surface area contributed by atoms with E-state index in [0.717, 1.165) is 10.9 Å². The molecule has 1 aromatic rings. The van der Waals surface area contributed by atoms with Crippen molar-refractivity contribution in [2.45, 2.75) is 32.0 Å². The first-order chi connectivity index (χ1) is 6.59. The second-order valence-corrected chi connectivity index (χ2v) is 4.43. The van der Waals surface area contributed by atoms with Gasteiger partial charge >= 0.3 is 0 Å². The van der Waals surface area contributed by atoms with Crippen LogP contribution in [0.2, 0.25) is 0 Å². The van der Waals surface area contributed by atoms with Crippen molar-refractivity contribution >= 4 is 15.9 Å². The topological polar surface area (TPSA) is 40.5 Å². The zero-order valence-corrected chi connectivity index (χ0v) is 9.74. The van der Waals surface area contributed by atoms with Gasteiger partial charge in [-0.2, -0.15) is 0 Å². The summed E-state index contributed by atoms with van der Waals surface area (Å²) >= 11 is 3.38. The van der Waals surface area contributed by atoms with Gasteiger partial charge in [0.25, 0.3) is 0 Å². The Bertz CT molecular complexity index is 269.